The zero-order chi connectivity index (χ0) is 27.0. The molecule has 1 amide bonds. The Labute approximate surface area is 233 Å². The predicted octanol–water partition coefficient (Wildman–Crippen LogP) is 4.14. The molecular formula is C27H40N4O3S3. The number of carbonyl (C=O) groups is 1. The van der Waals surface area contributed by atoms with Crippen molar-refractivity contribution in [1.82, 2.24) is 4.90 Å². The number of rotatable bonds is 10. The first-order chi connectivity index (χ1) is 17.5. The number of phenols is 1. The van der Waals surface area contributed by atoms with E-state index in [1.807, 2.05) is 31.7 Å². The summed E-state index contributed by atoms with van der Waals surface area (Å²) in [5.74, 6) is 2.03. The number of nitrogens with two attached hydrogens (primary N) is 1. The normalized spacial score (nSPS) is 29.4. The van der Waals surface area contributed by atoms with Gasteiger partial charge in [0.15, 0.2) is 0 Å². The van der Waals surface area contributed by atoms with Crippen molar-refractivity contribution in [1.29, 1.82) is 0 Å². The number of aliphatic hydroxyl groups is 1. The number of aryl methyl sites for hydroxylation is 1. The van der Waals surface area contributed by atoms with Gasteiger partial charge in [-0.15, -0.1) is 35.3 Å². The SMILES string of the molecule is CCCCCc1cccc(O)c1C1=NC(C2SCC(C(O)C(C)(C)C3=NC(C)(C(N)=O)CS3)N2C)CS1. The molecule has 0 aromatic heterocycles. The lowest BCUT2D eigenvalue weighted by atomic mass is 9.83. The van der Waals surface area contributed by atoms with Gasteiger partial charge in [0.05, 0.1) is 28.1 Å². The Morgan fingerprint density at radius 1 is 1.30 bits per heavy atom. The Balaban J connectivity index is 1.48. The first kappa shape index (κ1) is 28.8. The molecule has 4 rings (SSSR count). The monoisotopic (exact) mass is 564 g/mol. The van der Waals surface area contributed by atoms with Crippen LogP contribution in [-0.4, -0.2) is 84.5 Å². The number of unbranched alkanes of at least 4 members (excludes halogenated alkanes) is 2. The van der Waals surface area contributed by atoms with E-state index < -0.39 is 23.0 Å². The molecule has 7 nitrogen and oxygen atoms in total. The minimum absolute atomic E-state index is 0.0623. The highest BCUT2D eigenvalue weighted by molar-refractivity contribution is 8.15. The smallest absolute Gasteiger partial charge is 0.245 e. The maximum Gasteiger partial charge on any atom is 0.245 e. The number of likely N-dealkylation sites (N-methyl/N-ethyl adjacent to an activating group) is 1. The number of aliphatic hydroxyl groups excluding tert-OH is 1. The van der Waals surface area contributed by atoms with Crippen molar-refractivity contribution < 1.29 is 15.0 Å². The number of phenolic OH excluding ortho intramolecular Hbond substituents is 1. The molecule has 0 aliphatic carbocycles. The number of aliphatic imine (C=N–C) groups is 2. The van der Waals surface area contributed by atoms with E-state index in [1.165, 1.54) is 23.7 Å². The largest absolute Gasteiger partial charge is 0.507 e. The third-order valence-corrected chi connectivity index (χ3v) is 12.0. The fourth-order valence-corrected chi connectivity index (χ4v) is 9.42. The highest BCUT2D eigenvalue weighted by Crippen LogP contribution is 2.44. The molecule has 1 saturated heterocycles. The van der Waals surface area contributed by atoms with Crippen molar-refractivity contribution >= 4 is 51.3 Å². The Hall–Kier alpha value is -1.20. The lowest BCUT2D eigenvalue weighted by Crippen LogP contribution is -2.52. The van der Waals surface area contributed by atoms with E-state index >= 15 is 0 Å². The van der Waals surface area contributed by atoms with Crippen LogP contribution in [0.5, 0.6) is 5.75 Å². The number of thioether (sulfide) groups is 3. The van der Waals surface area contributed by atoms with Crippen molar-refractivity contribution in [2.24, 2.45) is 21.1 Å². The van der Waals surface area contributed by atoms with Gasteiger partial charge in [-0.05, 0) is 38.4 Å². The van der Waals surface area contributed by atoms with E-state index in [4.69, 9.17) is 10.7 Å². The summed E-state index contributed by atoms with van der Waals surface area (Å²) in [4.78, 5) is 23.9. The number of benzene rings is 1. The zero-order valence-electron chi connectivity index (χ0n) is 22.4. The van der Waals surface area contributed by atoms with Gasteiger partial charge in [-0.3, -0.25) is 19.7 Å². The molecular weight excluding hydrogens is 525 g/mol. The summed E-state index contributed by atoms with van der Waals surface area (Å²) in [5, 5.41) is 24.1. The molecule has 1 aromatic carbocycles. The van der Waals surface area contributed by atoms with Gasteiger partial charge in [0.25, 0.3) is 0 Å². The molecule has 0 radical (unpaired) electrons. The minimum atomic E-state index is -0.916. The van der Waals surface area contributed by atoms with Crippen molar-refractivity contribution in [3.05, 3.63) is 29.3 Å². The lowest BCUT2D eigenvalue weighted by Gasteiger charge is -2.38. The van der Waals surface area contributed by atoms with Crippen LogP contribution in [0.15, 0.2) is 28.2 Å². The molecule has 204 valence electrons. The Morgan fingerprint density at radius 2 is 2.05 bits per heavy atom. The van der Waals surface area contributed by atoms with Crippen LogP contribution in [0, 0.1) is 5.41 Å². The Bertz CT molecular complexity index is 1080. The molecule has 37 heavy (non-hydrogen) atoms. The highest BCUT2D eigenvalue weighted by Gasteiger charge is 2.49. The average Bonchev–Trinajstić information content (AvgIpc) is 3.58. The number of aromatic hydroxyl groups is 1. The number of amides is 1. The standard InChI is InChI=1S/C27H40N4O3S3/c1-6-7-8-10-16-11-9-12-19(32)20(16)22-29-17(13-35-22)23-31(5)18(14-36-23)21(33)26(2,3)25-30-27(4,15-37-25)24(28)34/h9,11-12,17-18,21,23,32-33H,6-8,10,13-15H2,1-5H3,(H2,28,34). The summed E-state index contributed by atoms with van der Waals surface area (Å²) in [5.41, 5.74) is 6.12. The summed E-state index contributed by atoms with van der Waals surface area (Å²) in [7, 11) is 2.07. The molecule has 3 aliphatic rings. The second kappa shape index (κ2) is 11.5. The summed E-state index contributed by atoms with van der Waals surface area (Å²) >= 11 is 5.07. The van der Waals surface area contributed by atoms with Crippen molar-refractivity contribution in [2.45, 2.75) is 82.5 Å². The molecule has 10 heteroatoms. The third-order valence-electron chi connectivity index (χ3n) is 7.78. The first-order valence-corrected chi connectivity index (χ1v) is 16.1. The summed E-state index contributed by atoms with van der Waals surface area (Å²) < 4.78 is 0. The van der Waals surface area contributed by atoms with Gasteiger partial charge >= 0.3 is 0 Å². The van der Waals surface area contributed by atoms with Gasteiger partial charge in [0, 0.05) is 28.7 Å². The topological polar surface area (TPSA) is 112 Å². The van der Waals surface area contributed by atoms with Gasteiger partial charge in [-0.2, -0.15) is 0 Å². The van der Waals surface area contributed by atoms with E-state index in [9.17, 15) is 15.0 Å². The average molecular weight is 565 g/mol. The molecule has 4 N–H and O–H groups in total. The van der Waals surface area contributed by atoms with Gasteiger partial charge < -0.3 is 15.9 Å². The van der Waals surface area contributed by atoms with E-state index in [0.717, 1.165) is 46.4 Å². The second-order valence-electron chi connectivity index (χ2n) is 11.0. The zero-order valence-corrected chi connectivity index (χ0v) is 24.9. The molecule has 5 unspecified atom stereocenters. The van der Waals surface area contributed by atoms with Crippen LogP contribution in [0.2, 0.25) is 0 Å². The molecule has 3 aliphatic heterocycles. The maximum atomic E-state index is 11.9. The number of carbonyl (C=O) groups excluding carboxylic acids is 1. The fourth-order valence-electron chi connectivity index (χ4n) is 5.16. The van der Waals surface area contributed by atoms with Crippen LogP contribution in [0.1, 0.15) is 58.1 Å². The third kappa shape index (κ3) is 5.73. The molecule has 0 spiro atoms. The number of nitrogens with zero attached hydrogens (tertiary/aromatic N) is 3. The van der Waals surface area contributed by atoms with E-state index in [0.29, 0.717) is 11.5 Å². The second-order valence-corrected chi connectivity index (χ2v) is 14.2. The number of hydrogen-bond donors (Lipinski definition) is 3. The summed E-state index contributed by atoms with van der Waals surface area (Å²) in [6, 6.07) is 5.80. The first-order valence-electron chi connectivity index (χ1n) is 13.1. The van der Waals surface area contributed by atoms with Crippen molar-refractivity contribution in [2.75, 3.05) is 24.3 Å². The van der Waals surface area contributed by atoms with Gasteiger partial charge in [-0.25, -0.2) is 0 Å². The van der Waals surface area contributed by atoms with Crippen LogP contribution in [-0.2, 0) is 11.2 Å². The molecule has 3 heterocycles. The van der Waals surface area contributed by atoms with Crippen LogP contribution >= 0.6 is 35.3 Å². The van der Waals surface area contributed by atoms with E-state index in [1.54, 1.807) is 24.8 Å². The summed E-state index contributed by atoms with van der Waals surface area (Å²) in [6.07, 6.45) is 3.73. The van der Waals surface area contributed by atoms with Crippen LogP contribution < -0.4 is 5.73 Å². The minimum Gasteiger partial charge on any atom is -0.507 e. The fraction of sp³-hybridized carbons (Fsp3) is 0.667. The van der Waals surface area contributed by atoms with E-state index in [-0.39, 0.29) is 17.5 Å². The maximum absolute atomic E-state index is 11.9. The highest BCUT2D eigenvalue weighted by atomic mass is 32.2. The molecule has 0 saturated carbocycles. The number of primary amides is 1. The van der Waals surface area contributed by atoms with Gasteiger partial charge in [-0.1, -0.05) is 45.7 Å². The molecule has 1 fully saturated rings. The van der Waals surface area contributed by atoms with E-state index in [2.05, 4.69) is 29.9 Å². The Kier molecular flexibility index (Phi) is 8.95. The van der Waals surface area contributed by atoms with Crippen LogP contribution in [0.4, 0.5) is 0 Å². The molecule has 5 atom stereocenters. The van der Waals surface area contributed by atoms with Gasteiger partial charge in [0.1, 0.15) is 16.3 Å². The Morgan fingerprint density at radius 3 is 2.73 bits per heavy atom. The van der Waals surface area contributed by atoms with Gasteiger partial charge in [0.2, 0.25) is 5.91 Å². The predicted molar refractivity (Wildman–Crippen MR) is 159 cm³/mol. The number of hydrogen-bond acceptors (Lipinski definition) is 9. The van der Waals surface area contributed by atoms with Crippen LogP contribution in [0.25, 0.3) is 0 Å². The van der Waals surface area contributed by atoms with Crippen molar-refractivity contribution in [3.63, 3.8) is 0 Å². The molecule has 1 aromatic rings. The van der Waals surface area contributed by atoms with Crippen molar-refractivity contribution in [3.8, 4) is 5.75 Å². The quantitative estimate of drug-likeness (QED) is 0.366. The van der Waals surface area contributed by atoms with Crippen LogP contribution in [0.3, 0.4) is 0 Å². The summed E-state index contributed by atoms with van der Waals surface area (Å²) in [6.45, 7) is 7.96. The molecule has 0 bridgehead atoms. The lowest BCUT2D eigenvalue weighted by molar-refractivity contribution is -0.121.